The summed E-state index contributed by atoms with van der Waals surface area (Å²) >= 11 is 0. The maximum Gasteiger partial charge on any atom is 0.262 e. The summed E-state index contributed by atoms with van der Waals surface area (Å²) in [5.41, 5.74) is 1.97. The second-order valence-corrected chi connectivity index (χ2v) is 9.73. The van der Waals surface area contributed by atoms with Gasteiger partial charge in [0.05, 0.1) is 11.1 Å². The third kappa shape index (κ3) is 4.27. The van der Waals surface area contributed by atoms with Gasteiger partial charge in [-0.15, -0.1) is 0 Å². The molecule has 7 heteroatoms. The molecule has 0 radical (unpaired) electrons. The first-order valence-corrected chi connectivity index (χ1v) is 11.3. The van der Waals surface area contributed by atoms with Crippen molar-refractivity contribution in [3.05, 3.63) is 70.3 Å². The van der Waals surface area contributed by atoms with Crippen molar-refractivity contribution in [3.63, 3.8) is 0 Å². The van der Waals surface area contributed by atoms with Crippen LogP contribution < -0.4 is 5.32 Å². The molecule has 1 fully saturated rings. The van der Waals surface area contributed by atoms with Gasteiger partial charge in [0.2, 0.25) is 0 Å². The van der Waals surface area contributed by atoms with Gasteiger partial charge in [-0.3, -0.25) is 24.1 Å². The second kappa shape index (κ2) is 8.46. The average molecular weight is 448 g/mol. The van der Waals surface area contributed by atoms with E-state index in [1.807, 2.05) is 36.1 Å². The van der Waals surface area contributed by atoms with Crippen LogP contribution in [0.2, 0.25) is 0 Å². The number of aryl methyl sites for hydroxylation is 1. The fourth-order valence-corrected chi connectivity index (χ4v) is 4.47. The van der Waals surface area contributed by atoms with Crippen LogP contribution in [0.5, 0.6) is 0 Å². The number of carbonyl (C=O) groups excluding carboxylic acids is 4. The van der Waals surface area contributed by atoms with Crippen LogP contribution in [-0.2, 0) is 0 Å². The predicted molar refractivity (Wildman–Crippen MR) is 124 cm³/mol. The number of benzene rings is 2. The molecule has 1 N–H and O–H groups in total. The molecule has 172 valence electrons. The first-order valence-electron chi connectivity index (χ1n) is 11.3. The highest BCUT2D eigenvalue weighted by molar-refractivity contribution is 6.22. The van der Waals surface area contributed by atoms with Crippen molar-refractivity contribution in [2.45, 2.75) is 52.1 Å². The number of carbonyl (C=O) groups is 4. The average Bonchev–Trinajstić information content (AvgIpc) is 3.04. The van der Waals surface area contributed by atoms with Crippen LogP contribution in [0.4, 0.5) is 0 Å². The minimum atomic E-state index is -0.640. The summed E-state index contributed by atoms with van der Waals surface area (Å²) in [5, 5.41) is 3.02. The molecular weight excluding hydrogens is 418 g/mol. The standard InChI is InChI=1S/C26H29N3O4/c1-16-7-5-6-8-19(16)23(31)28-13-11-18(12-14-28)27-22(30)17-9-10-20-21(15-17)25(33)29(24(20)32)26(2,3)4/h5-10,15,18H,11-14H2,1-4H3,(H,27,30). The summed E-state index contributed by atoms with van der Waals surface area (Å²) in [6, 6.07) is 12.1. The quantitative estimate of drug-likeness (QED) is 0.731. The second-order valence-electron chi connectivity index (χ2n) is 9.73. The predicted octanol–water partition coefficient (Wildman–Crippen LogP) is 3.42. The van der Waals surface area contributed by atoms with E-state index in [-0.39, 0.29) is 35.2 Å². The monoisotopic (exact) mass is 447 g/mol. The lowest BCUT2D eigenvalue weighted by molar-refractivity contribution is 0.0507. The molecule has 2 aromatic rings. The molecule has 33 heavy (non-hydrogen) atoms. The largest absolute Gasteiger partial charge is 0.349 e. The number of nitrogens with one attached hydrogen (secondary N) is 1. The SMILES string of the molecule is Cc1ccccc1C(=O)N1CCC(NC(=O)c2ccc3c(c2)C(=O)N(C(C)(C)C)C3=O)CC1. The van der Waals surface area contributed by atoms with Gasteiger partial charge in [0.1, 0.15) is 0 Å². The van der Waals surface area contributed by atoms with Crippen molar-refractivity contribution in [1.29, 1.82) is 0 Å². The highest BCUT2D eigenvalue weighted by atomic mass is 16.2. The number of fused-ring (bicyclic) bond motifs is 1. The number of amides is 4. The van der Waals surface area contributed by atoms with Gasteiger partial charge in [0.15, 0.2) is 0 Å². The van der Waals surface area contributed by atoms with E-state index < -0.39 is 5.54 Å². The lowest BCUT2D eigenvalue weighted by atomic mass is 10.0. The maximum atomic E-state index is 12.9. The maximum absolute atomic E-state index is 12.9. The van der Waals surface area contributed by atoms with Crippen molar-refractivity contribution in [2.24, 2.45) is 0 Å². The van der Waals surface area contributed by atoms with Gasteiger partial charge in [0.25, 0.3) is 23.6 Å². The fourth-order valence-electron chi connectivity index (χ4n) is 4.47. The third-order valence-corrected chi connectivity index (χ3v) is 6.31. The molecule has 0 atom stereocenters. The Bertz CT molecular complexity index is 1140. The van der Waals surface area contributed by atoms with Crippen LogP contribution >= 0.6 is 0 Å². The van der Waals surface area contributed by atoms with Gasteiger partial charge >= 0.3 is 0 Å². The molecule has 0 spiro atoms. The zero-order chi connectivity index (χ0) is 23.9. The number of hydrogen-bond acceptors (Lipinski definition) is 4. The van der Waals surface area contributed by atoms with Gasteiger partial charge in [-0.1, -0.05) is 18.2 Å². The highest BCUT2D eigenvalue weighted by Gasteiger charge is 2.42. The molecule has 2 aliphatic rings. The Morgan fingerprint density at radius 3 is 2.21 bits per heavy atom. The van der Waals surface area contributed by atoms with Gasteiger partial charge in [-0.2, -0.15) is 0 Å². The molecule has 0 saturated carbocycles. The summed E-state index contributed by atoms with van der Waals surface area (Å²) < 4.78 is 0. The normalized spacial score (nSPS) is 16.7. The van der Waals surface area contributed by atoms with E-state index in [2.05, 4.69) is 5.32 Å². The summed E-state index contributed by atoms with van der Waals surface area (Å²) in [6.45, 7) is 8.47. The number of rotatable bonds is 3. The van der Waals surface area contributed by atoms with E-state index in [0.717, 1.165) is 5.56 Å². The van der Waals surface area contributed by atoms with E-state index in [1.165, 1.54) is 11.0 Å². The number of piperidine rings is 1. The van der Waals surface area contributed by atoms with Gasteiger partial charge in [-0.25, -0.2) is 0 Å². The van der Waals surface area contributed by atoms with E-state index in [0.29, 0.717) is 42.6 Å². The Morgan fingerprint density at radius 2 is 1.58 bits per heavy atom. The summed E-state index contributed by atoms with van der Waals surface area (Å²) in [4.78, 5) is 54.2. The van der Waals surface area contributed by atoms with E-state index in [9.17, 15) is 19.2 Å². The fraction of sp³-hybridized carbons (Fsp3) is 0.385. The Kier molecular flexibility index (Phi) is 5.82. The van der Waals surface area contributed by atoms with E-state index >= 15 is 0 Å². The molecule has 0 unspecified atom stereocenters. The topological polar surface area (TPSA) is 86.8 Å². The van der Waals surface area contributed by atoms with Crippen LogP contribution in [-0.4, -0.2) is 58.1 Å². The number of likely N-dealkylation sites (tertiary alicyclic amines) is 1. The van der Waals surface area contributed by atoms with Gasteiger partial charge in [-0.05, 0) is 70.4 Å². The first-order chi connectivity index (χ1) is 15.6. The van der Waals surface area contributed by atoms with Crippen LogP contribution in [0.1, 0.15) is 80.6 Å². The summed E-state index contributed by atoms with van der Waals surface area (Å²) in [7, 11) is 0. The number of hydrogen-bond donors (Lipinski definition) is 1. The molecule has 7 nitrogen and oxygen atoms in total. The minimum Gasteiger partial charge on any atom is -0.349 e. The zero-order valence-corrected chi connectivity index (χ0v) is 19.5. The zero-order valence-electron chi connectivity index (χ0n) is 19.5. The Balaban J connectivity index is 1.39. The molecule has 0 aliphatic carbocycles. The first kappa shape index (κ1) is 22.7. The van der Waals surface area contributed by atoms with Crippen molar-refractivity contribution < 1.29 is 19.2 Å². The number of nitrogens with zero attached hydrogens (tertiary/aromatic N) is 2. The number of imide groups is 1. The molecule has 2 aliphatic heterocycles. The molecular formula is C26H29N3O4. The molecule has 1 saturated heterocycles. The van der Waals surface area contributed by atoms with Crippen LogP contribution in [0.15, 0.2) is 42.5 Å². The molecule has 2 heterocycles. The van der Waals surface area contributed by atoms with Crippen molar-refractivity contribution in [1.82, 2.24) is 15.1 Å². The summed E-state index contributed by atoms with van der Waals surface area (Å²) in [6.07, 6.45) is 1.31. The van der Waals surface area contributed by atoms with E-state index in [4.69, 9.17) is 0 Å². The van der Waals surface area contributed by atoms with Crippen LogP contribution in [0.25, 0.3) is 0 Å². The highest BCUT2D eigenvalue weighted by Crippen LogP contribution is 2.30. The molecule has 4 amide bonds. The Morgan fingerprint density at radius 1 is 0.939 bits per heavy atom. The molecule has 4 rings (SSSR count). The van der Waals surface area contributed by atoms with Crippen molar-refractivity contribution in [2.75, 3.05) is 13.1 Å². The van der Waals surface area contributed by atoms with E-state index in [1.54, 1.807) is 32.9 Å². The third-order valence-electron chi connectivity index (χ3n) is 6.31. The van der Waals surface area contributed by atoms with Crippen LogP contribution in [0.3, 0.4) is 0 Å². The Hall–Kier alpha value is -3.48. The molecule has 0 bridgehead atoms. The van der Waals surface area contributed by atoms with Crippen molar-refractivity contribution in [3.8, 4) is 0 Å². The smallest absolute Gasteiger partial charge is 0.262 e. The van der Waals surface area contributed by atoms with Gasteiger partial charge in [0, 0.05) is 35.8 Å². The lowest BCUT2D eigenvalue weighted by Crippen LogP contribution is -2.46. The van der Waals surface area contributed by atoms with Crippen molar-refractivity contribution >= 4 is 23.6 Å². The van der Waals surface area contributed by atoms with Gasteiger partial charge < -0.3 is 10.2 Å². The Labute approximate surface area is 193 Å². The van der Waals surface area contributed by atoms with Crippen LogP contribution in [0, 0.1) is 6.92 Å². The lowest BCUT2D eigenvalue weighted by Gasteiger charge is -2.32. The summed E-state index contributed by atoms with van der Waals surface area (Å²) in [5.74, 6) is -0.973. The molecule has 0 aromatic heterocycles. The minimum absolute atomic E-state index is 0.0167. The molecule has 2 aromatic carbocycles.